The Kier molecular flexibility index (Phi) is 17.9. The maximum Gasteiger partial charge on any atom is 0.246 e. The Bertz CT molecular complexity index is 906. The van der Waals surface area contributed by atoms with Crippen LogP contribution in [-0.2, 0) is 14.4 Å². The molecule has 4 N–H and O–H groups in total. The number of hydrogen-bond acceptors (Lipinski definition) is 5. The zero-order chi connectivity index (χ0) is 28.9. The van der Waals surface area contributed by atoms with Crippen LogP contribution in [0.25, 0.3) is 0 Å². The average molecular weight is 541 g/mol. The van der Waals surface area contributed by atoms with Crippen LogP contribution in [0.3, 0.4) is 0 Å². The van der Waals surface area contributed by atoms with Crippen molar-refractivity contribution >= 4 is 17.7 Å². The lowest BCUT2D eigenvalue weighted by atomic mass is 9.90. The van der Waals surface area contributed by atoms with Gasteiger partial charge in [-0.05, 0) is 52.0 Å². The summed E-state index contributed by atoms with van der Waals surface area (Å²) >= 11 is 0. The van der Waals surface area contributed by atoms with Gasteiger partial charge in [-0.3, -0.25) is 14.4 Å². The minimum Gasteiger partial charge on any atom is -0.396 e. The van der Waals surface area contributed by atoms with Gasteiger partial charge in [0.1, 0.15) is 6.04 Å². The van der Waals surface area contributed by atoms with E-state index >= 15 is 0 Å². The van der Waals surface area contributed by atoms with Crippen LogP contribution in [0.4, 0.5) is 0 Å². The Morgan fingerprint density at radius 2 is 1.79 bits per heavy atom. The zero-order valence-corrected chi connectivity index (χ0v) is 23.9. The third-order valence-electron chi connectivity index (χ3n) is 6.68. The molecule has 8 nitrogen and oxygen atoms in total. The summed E-state index contributed by atoms with van der Waals surface area (Å²) in [5.74, 6) is -1.01. The summed E-state index contributed by atoms with van der Waals surface area (Å²) in [5, 5.41) is 18.5. The van der Waals surface area contributed by atoms with Crippen molar-refractivity contribution in [2.75, 3.05) is 26.7 Å². The predicted octanol–water partition coefficient (Wildman–Crippen LogP) is 3.34. The molecule has 0 bridgehead atoms. The second-order valence-corrected chi connectivity index (χ2v) is 9.51. The molecule has 1 fully saturated rings. The van der Waals surface area contributed by atoms with Crippen LogP contribution in [-0.4, -0.2) is 72.6 Å². The molecule has 39 heavy (non-hydrogen) atoms. The fourth-order valence-electron chi connectivity index (χ4n) is 4.60. The van der Waals surface area contributed by atoms with Crippen LogP contribution in [0, 0.1) is 5.92 Å². The number of rotatable bonds is 17. The monoisotopic (exact) mass is 540 g/mol. The van der Waals surface area contributed by atoms with E-state index in [0.29, 0.717) is 32.2 Å². The number of aliphatic hydroxyl groups is 1. The van der Waals surface area contributed by atoms with Gasteiger partial charge in [0.25, 0.3) is 0 Å². The number of carbonyl (C=O) groups excluding carboxylic acids is 3. The Morgan fingerprint density at radius 1 is 1.08 bits per heavy atom. The SMILES string of the molecule is C=C/C=C\C=C\CC(NC)C(=O)NC1C(=O)N(CC(=O)NC/C=C/C=C\C=C/C)C(CCC)CCC1CCO. The van der Waals surface area contributed by atoms with E-state index in [1.165, 1.54) is 0 Å². The molecule has 0 saturated carbocycles. The van der Waals surface area contributed by atoms with Gasteiger partial charge in [-0.25, -0.2) is 0 Å². The maximum absolute atomic E-state index is 13.9. The van der Waals surface area contributed by atoms with Crippen LogP contribution in [0.1, 0.15) is 52.4 Å². The molecule has 8 heteroatoms. The summed E-state index contributed by atoms with van der Waals surface area (Å²) in [5.41, 5.74) is 0. The standard InChI is InChI=1S/C31H48N4O4/c1-5-8-10-12-14-16-22-33-28(37)24-35-26(17-7-3)20-19-25(21-23-36)29(31(35)39)34-30(38)27(32-4)18-15-13-11-9-6-2/h5-6,8-16,25-27,29,32,36H,2,7,17-24H2,1,3-4H3,(H,33,37)(H,34,38)/b8-5-,11-9-,12-10-,15-13+,16-14+. The third kappa shape index (κ3) is 12.9. The average Bonchev–Trinajstić information content (AvgIpc) is 3.03. The fraction of sp³-hybridized carbons (Fsp3) is 0.516. The fourth-order valence-corrected chi connectivity index (χ4v) is 4.60. The van der Waals surface area contributed by atoms with Gasteiger partial charge in [0.2, 0.25) is 17.7 Å². The van der Waals surface area contributed by atoms with Crippen molar-refractivity contribution in [2.45, 2.75) is 70.5 Å². The number of aliphatic hydroxyl groups excluding tert-OH is 1. The van der Waals surface area contributed by atoms with Gasteiger partial charge in [0.05, 0.1) is 12.6 Å². The Balaban J connectivity index is 3.03. The minimum atomic E-state index is -0.809. The lowest BCUT2D eigenvalue weighted by Crippen LogP contribution is -2.57. The molecular formula is C31H48N4O4. The molecule has 1 rings (SSSR count). The minimum absolute atomic E-state index is 0.0716. The second kappa shape index (κ2) is 20.7. The lowest BCUT2D eigenvalue weighted by molar-refractivity contribution is -0.142. The van der Waals surface area contributed by atoms with Crippen molar-refractivity contribution in [3.63, 3.8) is 0 Å². The molecular weight excluding hydrogens is 492 g/mol. The van der Waals surface area contributed by atoms with E-state index in [4.69, 9.17) is 0 Å². The number of likely N-dealkylation sites (tertiary alicyclic amines) is 1. The molecule has 1 saturated heterocycles. The number of nitrogens with one attached hydrogen (secondary N) is 3. The first kappa shape index (κ1) is 33.8. The Morgan fingerprint density at radius 3 is 2.46 bits per heavy atom. The highest BCUT2D eigenvalue weighted by Crippen LogP contribution is 2.28. The molecule has 0 aromatic rings. The topological polar surface area (TPSA) is 111 Å². The number of likely N-dealkylation sites (N-methyl/N-ethyl adjacent to an activating group) is 1. The van der Waals surface area contributed by atoms with Crippen LogP contribution in [0.2, 0.25) is 0 Å². The molecule has 1 aliphatic heterocycles. The van der Waals surface area contributed by atoms with E-state index < -0.39 is 12.1 Å². The van der Waals surface area contributed by atoms with Gasteiger partial charge < -0.3 is 26.0 Å². The molecule has 0 aromatic heterocycles. The van der Waals surface area contributed by atoms with Crippen molar-refractivity contribution in [1.29, 1.82) is 0 Å². The molecule has 4 atom stereocenters. The van der Waals surface area contributed by atoms with Crippen molar-refractivity contribution in [3.05, 3.63) is 73.4 Å². The van der Waals surface area contributed by atoms with E-state index in [1.54, 1.807) is 24.1 Å². The summed E-state index contributed by atoms with van der Waals surface area (Å²) in [7, 11) is 1.70. The molecule has 0 radical (unpaired) electrons. The first-order valence-electron chi connectivity index (χ1n) is 14.0. The van der Waals surface area contributed by atoms with E-state index in [9.17, 15) is 19.5 Å². The highest BCUT2D eigenvalue weighted by atomic mass is 16.3. The third-order valence-corrected chi connectivity index (χ3v) is 6.68. The molecule has 4 unspecified atom stereocenters. The van der Waals surface area contributed by atoms with Gasteiger partial charge in [0.15, 0.2) is 0 Å². The summed E-state index contributed by atoms with van der Waals surface area (Å²) in [6.45, 7) is 7.83. The van der Waals surface area contributed by atoms with E-state index in [-0.39, 0.29) is 42.8 Å². The first-order valence-corrected chi connectivity index (χ1v) is 14.0. The maximum atomic E-state index is 13.9. The Labute approximate surface area is 234 Å². The summed E-state index contributed by atoms with van der Waals surface area (Å²) in [6.07, 6.45) is 24.2. The molecule has 0 aliphatic carbocycles. The van der Waals surface area contributed by atoms with E-state index in [0.717, 1.165) is 12.8 Å². The van der Waals surface area contributed by atoms with Crippen LogP contribution in [0.15, 0.2) is 73.4 Å². The zero-order valence-electron chi connectivity index (χ0n) is 23.9. The number of carbonyl (C=O) groups is 3. The highest BCUT2D eigenvalue weighted by molar-refractivity contribution is 5.92. The van der Waals surface area contributed by atoms with Crippen molar-refractivity contribution in [2.24, 2.45) is 5.92 Å². The predicted molar refractivity (Wildman–Crippen MR) is 159 cm³/mol. The lowest BCUT2D eigenvalue weighted by Gasteiger charge is -2.32. The van der Waals surface area contributed by atoms with Crippen molar-refractivity contribution in [3.8, 4) is 0 Å². The number of nitrogens with zero attached hydrogens (tertiary/aromatic N) is 1. The number of allylic oxidation sites excluding steroid dienone is 9. The van der Waals surface area contributed by atoms with Gasteiger partial charge >= 0.3 is 0 Å². The summed E-state index contributed by atoms with van der Waals surface area (Å²) < 4.78 is 0. The molecule has 3 amide bonds. The van der Waals surface area contributed by atoms with Gasteiger partial charge in [-0.15, -0.1) is 0 Å². The number of amides is 3. The molecule has 1 aliphatic rings. The molecule has 1 heterocycles. The summed E-state index contributed by atoms with van der Waals surface area (Å²) in [4.78, 5) is 41.5. The largest absolute Gasteiger partial charge is 0.396 e. The highest BCUT2D eigenvalue weighted by Gasteiger charge is 2.40. The molecule has 216 valence electrons. The van der Waals surface area contributed by atoms with Crippen molar-refractivity contribution in [1.82, 2.24) is 20.9 Å². The quantitative estimate of drug-likeness (QED) is 0.212. The smallest absolute Gasteiger partial charge is 0.246 e. The van der Waals surface area contributed by atoms with E-state index in [2.05, 4.69) is 29.5 Å². The molecule has 0 spiro atoms. The summed E-state index contributed by atoms with van der Waals surface area (Å²) in [6, 6.07) is -1.44. The van der Waals surface area contributed by atoms with Crippen molar-refractivity contribution < 1.29 is 19.5 Å². The van der Waals surface area contributed by atoms with E-state index in [1.807, 2.05) is 61.6 Å². The van der Waals surface area contributed by atoms with Gasteiger partial charge in [-0.1, -0.05) is 86.8 Å². The van der Waals surface area contributed by atoms with Crippen LogP contribution < -0.4 is 16.0 Å². The second-order valence-electron chi connectivity index (χ2n) is 9.51. The van der Waals surface area contributed by atoms with Crippen LogP contribution in [0.5, 0.6) is 0 Å². The van der Waals surface area contributed by atoms with Gasteiger partial charge in [0, 0.05) is 19.2 Å². The first-order chi connectivity index (χ1) is 18.9. The van der Waals surface area contributed by atoms with Gasteiger partial charge in [-0.2, -0.15) is 0 Å². The van der Waals surface area contributed by atoms with Crippen LogP contribution >= 0.6 is 0 Å². The normalized spacial score (nSPS) is 21.4. The Hall–Kier alpha value is -3.23. The number of hydrogen-bond donors (Lipinski definition) is 4. The molecule has 0 aromatic carbocycles.